The van der Waals surface area contributed by atoms with Crippen LogP contribution < -0.4 is 10.6 Å². The molecule has 0 amide bonds. The Labute approximate surface area is 88.3 Å². The van der Waals surface area contributed by atoms with Crippen LogP contribution >= 0.6 is 0 Å². The lowest BCUT2D eigenvalue weighted by atomic mass is 9.96. The first kappa shape index (κ1) is 10.1. The van der Waals surface area contributed by atoms with Crippen LogP contribution in [-0.2, 0) is 0 Å². The van der Waals surface area contributed by atoms with E-state index in [1.54, 1.807) is 19.2 Å². The van der Waals surface area contributed by atoms with Gasteiger partial charge in [0.25, 0.3) is 0 Å². The molecule has 1 fully saturated rings. The number of hydrogen-bond acceptors (Lipinski definition) is 4. The van der Waals surface area contributed by atoms with Crippen LogP contribution in [0.5, 0.6) is 0 Å². The SMILES string of the molecule is CC1(F)CCN(c2nccc(N)n2)CC1. The van der Waals surface area contributed by atoms with Gasteiger partial charge in [0.2, 0.25) is 5.95 Å². The fourth-order valence-corrected chi connectivity index (χ4v) is 1.69. The largest absolute Gasteiger partial charge is 0.384 e. The molecule has 1 aliphatic heterocycles. The number of piperidine rings is 1. The molecule has 0 aliphatic carbocycles. The topological polar surface area (TPSA) is 55.0 Å². The molecule has 1 aliphatic rings. The molecule has 0 aromatic carbocycles. The molecule has 2 heterocycles. The molecular weight excluding hydrogens is 195 g/mol. The second-order valence-electron chi connectivity index (χ2n) is 4.18. The average molecular weight is 210 g/mol. The summed E-state index contributed by atoms with van der Waals surface area (Å²) in [5, 5.41) is 0. The van der Waals surface area contributed by atoms with Gasteiger partial charge < -0.3 is 10.6 Å². The molecule has 0 atom stereocenters. The Morgan fingerprint density at radius 2 is 2.13 bits per heavy atom. The maximum absolute atomic E-state index is 13.5. The molecule has 2 rings (SSSR count). The van der Waals surface area contributed by atoms with Gasteiger partial charge in [-0.25, -0.2) is 9.37 Å². The fourth-order valence-electron chi connectivity index (χ4n) is 1.69. The Bertz CT molecular complexity index is 343. The first-order valence-corrected chi connectivity index (χ1v) is 5.09. The van der Waals surface area contributed by atoms with Gasteiger partial charge in [-0.2, -0.15) is 4.98 Å². The Morgan fingerprint density at radius 1 is 1.47 bits per heavy atom. The Morgan fingerprint density at radius 3 is 2.73 bits per heavy atom. The number of anilines is 2. The van der Waals surface area contributed by atoms with Crippen LogP contribution in [0.1, 0.15) is 19.8 Å². The van der Waals surface area contributed by atoms with Gasteiger partial charge in [-0.3, -0.25) is 0 Å². The molecule has 1 aromatic heterocycles. The summed E-state index contributed by atoms with van der Waals surface area (Å²) in [6, 6.07) is 1.65. The van der Waals surface area contributed by atoms with E-state index in [0.29, 0.717) is 37.7 Å². The number of nitrogens with zero attached hydrogens (tertiary/aromatic N) is 3. The van der Waals surface area contributed by atoms with Crippen LogP contribution in [-0.4, -0.2) is 28.7 Å². The maximum Gasteiger partial charge on any atom is 0.227 e. The van der Waals surface area contributed by atoms with E-state index in [0.717, 1.165) is 0 Å². The van der Waals surface area contributed by atoms with Crippen molar-refractivity contribution in [2.24, 2.45) is 0 Å². The maximum atomic E-state index is 13.5. The van der Waals surface area contributed by atoms with E-state index in [1.807, 2.05) is 4.90 Å². The molecule has 1 saturated heterocycles. The number of nitrogens with two attached hydrogens (primary N) is 1. The van der Waals surface area contributed by atoms with Crippen LogP contribution in [0.2, 0.25) is 0 Å². The number of halogens is 1. The minimum absolute atomic E-state index is 0.452. The molecule has 15 heavy (non-hydrogen) atoms. The number of aromatic nitrogens is 2. The molecule has 4 nitrogen and oxygen atoms in total. The summed E-state index contributed by atoms with van der Waals surface area (Å²) in [5.41, 5.74) is 4.52. The lowest BCUT2D eigenvalue weighted by Crippen LogP contribution is -2.40. The highest BCUT2D eigenvalue weighted by molar-refractivity contribution is 5.38. The highest BCUT2D eigenvalue weighted by atomic mass is 19.1. The van der Waals surface area contributed by atoms with E-state index in [4.69, 9.17) is 5.73 Å². The Hall–Kier alpha value is -1.39. The zero-order chi connectivity index (χ0) is 10.9. The van der Waals surface area contributed by atoms with Crippen LogP contribution in [0.15, 0.2) is 12.3 Å². The third-order valence-corrected chi connectivity index (χ3v) is 2.75. The van der Waals surface area contributed by atoms with Crippen LogP contribution in [0, 0.1) is 0 Å². The van der Waals surface area contributed by atoms with E-state index in [1.165, 1.54) is 0 Å². The number of hydrogen-bond donors (Lipinski definition) is 1. The molecule has 82 valence electrons. The van der Waals surface area contributed by atoms with E-state index in [2.05, 4.69) is 9.97 Å². The summed E-state index contributed by atoms with van der Waals surface area (Å²) < 4.78 is 13.5. The van der Waals surface area contributed by atoms with E-state index in [9.17, 15) is 4.39 Å². The van der Waals surface area contributed by atoms with Gasteiger partial charge in [-0.15, -0.1) is 0 Å². The van der Waals surface area contributed by atoms with Crippen LogP contribution in [0.25, 0.3) is 0 Å². The van der Waals surface area contributed by atoms with Crippen molar-refractivity contribution in [3.8, 4) is 0 Å². The van der Waals surface area contributed by atoms with E-state index < -0.39 is 5.67 Å². The second-order valence-corrected chi connectivity index (χ2v) is 4.18. The standard InChI is InChI=1S/C10H15FN4/c1-10(11)3-6-15(7-4-10)9-13-5-2-8(12)14-9/h2,5H,3-4,6-7H2,1H3,(H2,12,13,14). The average Bonchev–Trinajstić information content (AvgIpc) is 2.17. The summed E-state index contributed by atoms with van der Waals surface area (Å²) in [4.78, 5) is 10.2. The summed E-state index contributed by atoms with van der Waals surface area (Å²) in [5.74, 6) is 1.05. The van der Waals surface area contributed by atoms with Gasteiger partial charge in [-0.05, 0) is 25.8 Å². The highest BCUT2D eigenvalue weighted by Crippen LogP contribution is 2.27. The Balaban J connectivity index is 2.08. The van der Waals surface area contributed by atoms with Crippen molar-refractivity contribution in [3.63, 3.8) is 0 Å². The van der Waals surface area contributed by atoms with E-state index in [-0.39, 0.29) is 0 Å². The molecule has 0 spiro atoms. The molecule has 5 heteroatoms. The minimum Gasteiger partial charge on any atom is -0.384 e. The predicted octanol–water partition coefficient (Wildman–Crippen LogP) is 1.39. The quantitative estimate of drug-likeness (QED) is 0.761. The van der Waals surface area contributed by atoms with Crippen molar-refractivity contribution in [1.29, 1.82) is 0 Å². The van der Waals surface area contributed by atoms with Crippen molar-refractivity contribution in [2.75, 3.05) is 23.7 Å². The molecular formula is C10H15FN4. The number of rotatable bonds is 1. The van der Waals surface area contributed by atoms with Crippen LogP contribution in [0.4, 0.5) is 16.2 Å². The lowest BCUT2D eigenvalue weighted by molar-refractivity contribution is 0.148. The zero-order valence-corrected chi connectivity index (χ0v) is 8.78. The smallest absolute Gasteiger partial charge is 0.227 e. The summed E-state index contributed by atoms with van der Waals surface area (Å²) >= 11 is 0. The highest BCUT2D eigenvalue weighted by Gasteiger charge is 2.30. The predicted molar refractivity (Wildman–Crippen MR) is 57.4 cm³/mol. The Kier molecular flexibility index (Phi) is 2.46. The number of nitrogen functional groups attached to an aromatic ring is 1. The summed E-state index contributed by atoms with van der Waals surface area (Å²) in [6.07, 6.45) is 2.66. The van der Waals surface area contributed by atoms with Gasteiger partial charge in [0, 0.05) is 19.3 Å². The molecule has 0 radical (unpaired) electrons. The molecule has 0 saturated carbocycles. The van der Waals surface area contributed by atoms with Crippen molar-refractivity contribution >= 4 is 11.8 Å². The normalized spacial score (nSPS) is 20.3. The molecule has 0 bridgehead atoms. The van der Waals surface area contributed by atoms with Gasteiger partial charge >= 0.3 is 0 Å². The zero-order valence-electron chi connectivity index (χ0n) is 8.78. The van der Waals surface area contributed by atoms with Gasteiger partial charge in [0.15, 0.2) is 0 Å². The molecule has 0 unspecified atom stereocenters. The van der Waals surface area contributed by atoms with Crippen molar-refractivity contribution < 1.29 is 4.39 Å². The fraction of sp³-hybridized carbons (Fsp3) is 0.600. The summed E-state index contributed by atoms with van der Waals surface area (Å²) in [7, 11) is 0. The third-order valence-electron chi connectivity index (χ3n) is 2.75. The van der Waals surface area contributed by atoms with Crippen molar-refractivity contribution in [3.05, 3.63) is 12.3 Å². The lowest BCUT2D eigenvalue weighted by Gasteiger charge is -2.34. The van der Waals surface area contributed by atoms with Crippen molar-refractivity contribution in [1.82, 2.24) is 9.97 Å². The third kappa shape index (κ3) is 2.34. The summed E-state index contributed by atoms with van der Waals surface area (Å²) in [6.45, 7) is 2.94. The van der Waals surface area contributed by atoms with Gasteiger partial charge in [-0.1, -0.05) is 0 Å². The minimum atomic E-state index is -1.04. The van der Waals surface area contributed by atoms with Gasteiger partial charge in [0.1, 0.15) is 11.5 Å². The second kappa shape index (κ2) is 3.64. The molecule has 1 aromatic rings. The van der Waals surface area contributed by atoms with E-state index >= 15 is 0 Å². The monoisotopic (exact) mass is 210 g/mol. The van der Waals surface area contributed by atoms with Gasteiger partial charge in [0.05, 0.1) is 0 Å². The van der Waals surface area contributed by atoms with Crippen LogP contribution in [0.3, 0.4) is 0 Å². The first-order valence-electron chi connectivity index (χ1n) is 5.09. The first-order chi connectivity index (χ1) is 7.07. The van der Waals surface area contributed by atoms with Crippen molar-refractivity contribution in [2.45, 2.75) is 25.4 Å². The molecule has 2 N–H and O–H groups in total. The number of alkyl halides is 1.